The van der Waals surface area contributed by atoms with Crippen molar-refractivity contribution in [2.24, 2.45) is 0 Å². The normalized spacial score (nSPS) is 27.1. The molecular weight excluding hydrogens is 368 g/mol. The zero-order valence-corrected chi connectivity index (χ0v) is 15.6. The zero-order chi connectivity index (χ0) is 20.7. The van der Waals surface area contributed by atoms with Crippen molar-refractivity contribution in [1.29, 1.82) is 0 Å². The molecule has 27 heavy (non-hydrogen) atoms. The van der Waals surface area contributed by atoms with Gasteiger partial charge in [0.15, 0.2) is 12.2 Å². The summed E-state index contributed by atoms with van der Waals surface area (Å²) in [7, 11) is 0. The summed E-state index contributed by atoms with van der Waals surface area (Å²) in [4.78, 5) is 57.0. The number of ether oxygens (including phenoxy) is 6. The van der Waals surface area contributed by atoms with E-state index in [4.69, 9.17) is 28.4 Å². The summed E-state index contributed by atoms with van der Waals surface area (Å²) in [5.41, 5.74) is 0. The first-order chi connectivity index (χ1) is 12.5. The summed E-state index contributed by atoms with van der Waals surface area (Å²) < 4.78 is 30.8. The fraction of sp³-hybridized carbons (Fsp3) is 0.688. The smallest absolute Gasteiger partial charge is 0.305 e. The number of carbonyl (C=O) groups is 5. The lowest BCUT2D eigenvalue weighted by Crippen LogP contribution is -2.63. The van der Waals surface area contributed by atoms with Gasteiger partial charge in [-0.1, -0.05) is 0 Å². The standard InChI is InChI=1S/C16H22O11/c1-7(17)22-6-12-13(23-8(2)18)14(24-9(3)19)15(25-10(4)20)16(27-12)26-11(5)21/h12-16H,6H2,1-5H3/t12?,13?,14?,15?,16-/m1/s1. The van der Waals surface area contributed by atoms with E-state index in [-0.39, 0.29) is 0 Å². The third kappa shape index (κ3) is 7.21. The average molecular weight is 390 g/mol. The molecule has 0 aromatic heterocycles. The van der Waals surface area contributed by atoms with Gasteiger partial charge in [0.25, 0.3) is 0 Å². The Bertz CT molecular complexity index is 599. The summed E-state index contributed by atoms with van der Waals surface area (Å²) in [5.74, 6) is -3.71. The number of esters is 5. The highest BCUT2D eigenvalue weighted by molar-refractivity contribution is 5.69. The van der Waals surface area contributed by atoms with Crippen LogP contribution in [0.2, 0.25) is 0 Å². The SMILES string of the molecule is CC(=O)OCC1O[C@@H](OC(C)=O)C(OC(C)=O)C(OC(C)=O)C1OC(C)=O. The Morgan fingerprint density at radius 1 is 0.630 bits per heavy atom. The van der Waals surface area contributed by atoms with Crippen molar-refractivity contribution in [3.05, 3.63) is 0 Å². The van der Waals surface area contributed by atoms with Gasteiger partial charge < -0.3 is 28.4 Å². The van der Waals surface area contributed by atoms with E-state index in [1.54, 1.807) is 0 Å². The molecule has 0 aromatic carbocycles. The second kappa shape index (κ2) is 9.86. The molecule has 11 heteroatoms. The van der Waals surface area contributed by atoms with E-state index >= 15 is 0 Å². The fourth-order valence-electron chi connectivity index (χ4n) is 2.45. The Morgan fingerprint density at radius 3 is 1.52 bits per heavy atom. The molecule has 152 valence electrons. The van der Waals surface area contributed by atoms with Crippen molar-refractivity contribution in [2.75, 3.05) is 6.61 Å². The largest absolute Gasteiger partial charge is 0.463 e. The lowest BCUT2D eigenvalue weighted by Gasteiger charge is -2.43. The fourth-order valence-corrected chi connectivity index (χ4v) is 2.45. The second-order valence-corrected chi connectivity index (χ2v) is 5.68. The topological polar surface area (TPSA) is 141 Å². The quantitative estimate of drug-likeness (QED) is 0.433. The highest BCUT2D eigenvalue weighted by Crippen LogP contribution is 2.29. The number of hydrogen-bond donors (Lipinski definition) is 0. The van der Waals surface area contributed by atoms with Crippen LogP contribution in [0, 0.1) is 0 Å². The van der Waals surface area contributed by atoms with Crippen LogP contribution < -0.4 is 0 Å². The highest BCUT2D eigenvalue weighted by atomic mass is 16.7. The maximum Gasteiger partial charge on any atom is 0.305 e. The first-order valence-corrected chi connectivity index (χ1v) is 7.99. The molecule has 0 amide bonds. The maximum atomic E-state index is 11.5. The molecule has 0 spiro atoms. The van der Waals surface area contributed by atoms with Crippen LogP contribution in [0.1, 0.15) is 34.6 Å². The second-order valence-electron chi connectivity index (χ2n) is 5.68. The first kappa shape index (κ1) is 22.4. The monoisotopic (exact) mass is 390 g/mol. The van der Waals surface area contributed by atoms with Gasteiger partial charge in [-0.05, 0) is 0 Å². The molecule has 0 bridgehead atoms. The van der Waals surface area contributed by atoms with E-state index < -0.39 is 67.2 Å². The molecule has 1 aliphatic rings. The Hall–Kier alpha value is -2.69. The molecule has 0 aromatic rings. The van der Waals surface area contributed by atoms with Gasteiger partial charge in [0.05, 0.1) is 0 Å². The van der Waals surface area contributed by atoms with Gasteiger partial charge in [-0.2, -0.15) is 0 Å². The van der Waals surface area contributed by atoms with E-state index in [1.165, 1.54) is 0 Å². The van der Waals surface area contributed by atoms with Crippen LogP contribution in [0.15, 0.2) is 0 Å². The van der Waals surface area contributed by atoms with E-state index in [1.807, 2.05) is 0 Å². The minimum atomic E-state index is -1.48. The molecule has 1 rings (SSSR count). The molecule has 1 saturated heterocycles. The van der Waals surface area contributed by atoms with E-state index in [0.717, 1.165) is 34.6 Å². The zero-order valence-electron chi connectivity index (χ0n) is 15.6. The van der Waals surface area contributed by atoms with Gasteiger partial charge in [-0.3, -0.25) is 24.0 Å². The van der Waals surface area contributed by atoms with Crippen LogP contribution in [-0.2, 0) is 52.4 Å². The van der Waals surface area contributed by atoms with Crippen LogP contribution >= 0.6 is 0 Å². The molecular formula is C16H22O11. The third-order valence-electron chi connectivity index (χ3n) is 3.23. The maximum absolute atomic E-state index is 11.5. The molecule has 0 N–H and O–H groups in total. The van der Waals surface area contributed by atoms with E-state index in [2.05, 4.69) is 0 Å². The molecule has 5 atom stereocenters. The molecule has 1 heterocycles. The van der Waals surface area contributed by atoms with Crippen molar-refractivity contribution in [3.8, 4) is 0 Å². The molecule has 1 aliphatic heterocycles. The minimum absolute atomic E-state index is 0.393. The molecule has 11 nitrogen and oxygen atoms in total. The number of rotatable bonds is 6. The van der Waals surface area contributed by atoms with Gasteiger partial charge in [0, 0.05) is 34.6 Å². The molecule has 4 unspecified atom stereocenters. The van der Waals surface area contributed by atoms with E-state index in [0.29, 0.717) is 0 Å². The van der Waals surface area contributed by atoms with Crippen LogP contribution in [-0.4, -0.2) is 67.2 Å². The summed E-state index contributed by atoms with van der Waals surface area (Å²) >= 11 is 0. The predicted molar refractivity (Wildman–Crippen MR) is 83.7 cm³/mol. The van der Waals surface area contributed by atoms with Gasteiger partial charge >= 0.3 is 29.8 Å². The lowest BCUT2D eigenvalue weighted by atomic mass is 9.98. The van der Waals surface area contributed by atoms with Crippen molar-refractivity contribution in [1.82, 2.24) is 0 Å². The highest BCUT2D eigenvalue weighted by Gasteiger charge is 2.53. The number of carbonyl (C=O) groups excluding carboxylic acids is 5. The Morgan fingerprint density at radius 2 is 1.07 bits per heavy atom. The van der Waals surface area contributed by atoms with Crippen LogP contribution in [0.3, 0.4) is 0 Å². The predicted octanol–water partition coefficient (Wildman–Crippen LogP) is -0.367. The molecule has 0 aliphatic carbocycles. The van der Waals surface area contributed by atoms with Gasteiger partial charge in [-0.25, -0.2) is 0 Å². The number of hydrogen-bond acceptors (Lipinski definition) is 11. The average Bonchev–Trinajstić information content (AvgIpc) is 2.49. The summed E-state index contributed by atoms with van der Waals surface area (Å²) in [6.07, 6.45) is -6.70. The lowest BCUT2D eigenvalue weighted by molar-refractivity contribution is -0.300. The summed E-state index contributed by atoms with van der Waals surface area (Å²) in [5, 5.41) is 0. The first-order valence-electron chi connectivity index (χ1n) is 7.99. The van der Waals surface area contributed by atoms with Gasteiger partial charge in [-0.15, -0.1) is 0 Å². The molecule has 0 radical (unpaired) electrons. The van der Waals surface area contributed by atoms with Crippen LogP contribution in [0.5, 0.6) is 0 Å². The summed E-state index contributed by atoms with van der Waals surface area (Å²) in [6.45, 7) is 5.13. The Kier molecular flexibility index (Phi) is 8.16. The van der Waals surface area contributed by atoms with Gasteiger partial charge in [0.2, 0.25) is 12.4 Å². The van der Waals surface area contributed by atoms with E-state index in [9.17, 15) is 24.0 Å². The Balaban J connectivity index is 3.29. The summed E-state index contributed by atoms with van der Waals surface area (Å²) in [6, 6.07) is 0. The van der Waals surface area contributed by atoms with Crippen molar-refractivity contribution < 1.29 is 52.4 Å². The van der Waals surface area contributed by atoms with Crippen LogP contribution in [0.25, 0.3) is 0 Å². The third-order valence-corrected chi connectivity index (χ3v) is 3.23. The van der Waals surface area contributed by atoms with Crippen LogP contribution in [0.4, 0.5) is 0 Å². The molecule has 1 fully saturated rings. The minimum Gasteiger partial charge on any atom is -0.463 e. The van der Waals surface area contributed by atoms with Gasteiger partial charge in [0.1, 0.15) is 12.7 Å². The van der Waals surface area contributed by atoms with Crippen molar-refractivity contribution in [3.63, 3.8) is 0 Å². The van der Waals surface area contributed by atoms with Crippen molar-refractivity contribution >= 4 is 29.8 Å². The van der Waals surface area contributed by atoms with Crippen molar-refractivity contribution in [2.45, 2.75) is 65.3 Å². The Labute approximate surface area is 155 Å². The molecule has 0 saturated carbocycles.